The van der Waals surface area contributed by atoms with Crippen molar-refractivity contribution in [2.45, 2.75) is 11.8 Å². The van der Waals surface area contributed by atoms with Crippen molar-refractivity contribution < 1.29 is 14.3 Å². The molecule has 0 spiro atoms. The van der Waals surface area contributed by atoms with Gasteiger partial charge in [-0.2, -0.15) is 0 Å². The summed E-state index contributed by atoms with van der Waals surface area (Å²) in [6.07, 6.45) is 0. The van der Waals surface area contributed by atoms with Crippen LogP contribution in [0.2, 0.25) is 0 Å². The van der Waals surface area contributed by atoms with Gasteiger partial charge in [-0.25, -0.2) is 0 Å². The minimum atomic E-state index is -0.376. The van der Waals surface area contributed by atoms with Crippen molar-refractivity contribution in [3.05, 3.63) is 54.1 Å². The second kappa shape index (κ2) is 5.61. The van der Waals surface area contributed by atoms with E-state index in [-0.39, 0.29) is 11.9 Å². The van der Waals surface area contributed by atoms with Gasteiger partial charge >= 0.3 is 5.97 Å². The van der Waals surface area contributed by atoms with E-state index in [9.17, 15) is 9.59 Å². The Bertz CT molecular complexity index is 697. The number of carbonyl (C=O) groups excluding carboxylic acids is 2. The van der Waals surface area contributed by atoms with Crippen LogP contribution in [0.5, 0.6) is 5.75 Å². The third-order valence-electron chi connectivity index (χ3n) is 3.11. The topological polar surface area (TPSA) is 46.6 Å². The zero-order valence-corrected chi connectivity index (χ0v) is 12.2. The molecule has 5 heteroatoms. The predicted octanol–water partition coefficient (Wildman–Crippen LogP) is 3.32. The smallest absolute Gasteiger partial charge is 0.308 e. The number of anilines is 1. The van der Waals surface area contributed by atoms with Gasteiger partial charge in [-0.05, 0) is 36.4 Å². The Morgan fingerprint density at radius 1 is 1.10 bits per heavy atom. The molecule has 0 unspecified atom stereocenters. The van der Waals surface area contributed by atoms with Gasteiger partial charge in [0.2, 0.25) is 0 Å². The molecule has 1 aliphatic rings. The second-order valence-electron chi connectivity index (χ2n) is 4.59. The highest BCUT2D eigenvalue weighted by Gasteiger charge is 2.25. The minimum absolute atomic E-state index is 0.0539. The normalized spacial score (nSPS) is 12.9. The molecule has 106 valence electrons. The number of carbonyl (C=O) groups is 2. The first kappa shape index (κ1) is 13.7. The predicted molar refractivity (Wildman–Crippen MR) is 81.7 cm³/mol. The molecule has 1 heterocycles. The number of rotatable bonds is 2. The molecule has 0 saturated carbocycles. The first-order valence-corrected chi connectivity index (χ1v) is 7.46. The molecule has 2 aromatic carbocycles. The van der Waals surface area contributed by atoms with Gasteiger partial charge in [-0.1, -0.05) is 12.1 Å². The number of hydrogen-bond acceptors (Lipinski definition) is 4. The van der Waals surface area contributed by atoms with Crippen LogP contribution < -0.4 is 9.64 Å². The van der Waals surface area contributed by atoms with Crippen molar-refractivity contribution in [1.82, 2.24) is 0 Å². The number of hydrogen-bond donors (Lipinski definition) is 0. The highest BCUT2D eigenvalue weighted by molar-refractivity contribution is 8.00. The van der Waals surface area contributed by atoms with Gasteiger partial charge in [0.25, 0.3) is 5.91 Å². The van der Waals surface area contributed by atoms with Crippen LogP contribution in [-0.2, 0) is 4.79 Å². The van der Waals surface area contributed by atoms with Crippen LogP contribution >= 0.6 is 11.8 Å². The minimum Gasteiger partial charge on any atom is -0.427 e. The van der Waals surface area contributed by atoms with E-state index in [0.29, 0.717) is 17.2 Å². The van der Waals surface area contributed by atoms with E-state index >= 15 is 0 Å². The molecule has 1 aliphatic heterocycles. The van der Waals surface area contributed by atoms with Crippen molar-refractivity contribution in [3.8, 4) is 5.75 Å². The molecule has 0 atom stereocenters. The van der Waals surface area contributed by atoms with Gasteiger partial charge < -0.3 is 4.74 Å². The van der Waals surface area contributed by atoms with E-state index < -0.39 is 0 Å². The summed E-state index contributed by atoms with van der Waals surface area (Å²) in [5.74, 6) is 0.625. The van der Waals surface area contributed by atoms with E-state index in [1.54, 1.807) is 40.9 Å². The lowest BCUT2D eigenvalue weighted by Crippen LogP contribution is -2.27. The van der Waals surface area contributed by atoms with Crippen LogP contribution in [0.25, 0.3) is 0 Å². The molecular formula is C16H13NO3S. The van der Waals surface area contributed by atoms with Crippen molar-refractivity contribution in [2.75, 3.05) is 10.8 Å². The third-order valence-corrected chi connectivity index (χ3v) is 4.16. The number of ether oxygens (including phenoxy) is 1. The molecule has 21 heavy (non-hydrogen) atoms. The lowest BCUT2D eigenvalue weighted by Gasteiger charge is -2.16. The summed E-state index contributed by atoms with van der Waals surface area (Å²) in [6.45, 7) is 1.34. The Balaban J connectivity index is 1.82. The number of benzene rings is 2. The molecule has 0 bridgehead atoms. The fourth-order valence-electron chi connectivity index (χ4n) is 2.16. The van der Waals surface area contributed by atoms with Crippen molar-refractivity contribution in [3.63, 3.8) is 0 Å². The van der Waals surface area contributed by atoms with Crippen LogP contribution in [0.15, 0.2) is 53.4 Å². The molecule has 0 aromatic heterocycles. The summed E-state index contributed by atoms with van der Waals surface area (Å²) in [7, 11) is 0. The molecule has 3 rings (SSSR count). The number of nitrogens with zero attached hydrogens (tertiary/aromatic N) is 1. The van der Waals surface area contributed by atoms with Gasteiger partial charge in [0.15, 0.2) is 0 Å². The third kappa shape index (κ3) is 2.78. The molecular weight excluding hydrogens is 286 g/mol. The van der Waals surface area contributed by atoms with Crippen molar-refractivity contribution >= 4 is 29.3 Å². The maximum atomic E-state index is 12.5. The summed E-state index contributed by atoms with van der Waals surface area (Å²) in [6, 6.07) is 14.5. The second-order valence-corrected chi connectivity index (χ2v) is 5.58. The van der Waals surface area contributed by atoms with Gasteiger partial charge in [-0.15, -0.1) is 11.8 Å². The Kier molecular flexibility index (Phi) is 3.66. The Hall–Kier alpha value is -2.27. The van der Waals surface area contributed by atoms with Crippen LogP contribution in [0.4, 0.5) is 5.69 Å². The summed E-state index contributed by atoms with van der Waals surface area (Å²) in [4.78, 5) is 26.3. The first-order valence-electron chi connectivity index (χ1n) is 6.47. The van der Waals surface area contributed by atoms with Crippen LogP contribution in [0.3, 0.4) is 0 Å². The van der Waals surface area contributed by atoms with Crippen LogP contribution in [-0.4, -0.2) is 17.8 Å². The zero-order valence-electron chi connectivity index (χ0n) is 11.4. The average Bonchev–Trinajstić information content (AvgIpc) is 2.90. The summed E-state index contributed by atoms with van der Waals surface area (Å²) >= 11 is 1.65. The first-order chi connectivity index (χ1) is 10.1. The molecule has 0 N–H and O–H groups in total. The number of para-hydroxylation sites is 1. The van der Waals surface area contributed by atoms with E-state index in [2.05, 4.69) is 0 Å². The number of esters is 1. The fourth-order valence-corrected chi connectivity index (χ4v) is 3.19. The molecule has 0 radical (unpaired) electrons. The monoisotopic (exact) mass is 299 g/mol. The average molecular weight is 299 g/mol. The molecule has 1 amide bonds. The number of thioether (sulfide) groups is 1. The van der Waals surface area contributed by atoms with E-state index in [1.165, 1.54) is 6.92 Å². The molecule has 0 saturated heterocycles. The fraction of sp³-hybridized carbons (Fsp3) is 0.125. The van der Waals surface area contributed by atoms with E-state index in [0.717, 1.165) is 10.6 Å². The molecule has 2 aromatic rings. The SMILES string of the molecule is CC(=O)Oc1ccc(C(=O)N2CSc3ccccc32)cc1. The standard InChI is InChI=1S/C16H13NO3S/c1-11(18)20-13-8-6-12(7-9-13)16(19)17-10-21-15-5-3-2-4-14(15)17/h2-9H,10H2,1H3. The largest absolute Gasteiger partial charge is 0.427 e. The quantitative estimate of drug-likeness (QED) is 0.630. The summed E-state index contributed by atoms with van der Waals surface area (Å²) < 4.78 is 4.96. The van der Waals surface area contributed by atoms with Crippen LogP contribution in [0, 0.1) is 0 Å². The Morgan fingerprint density at radius 3 is 2.52 bits per heavy atom. The van der Waals surface area contributed by atoms with Crippen LogP contribution in [0.1, 0.15) is 17.3 Å². The maximum Gasteiger partial charge on any atom is 0.308 e. The Morgan fingerprint density at radius 2 is 1.81 bits per heavy atom. The van der Waals surface area contributed by atoms with Crippen molar-refractivity contribution in [2.24, 2.45) is 0 Å². The van der Waals surface area contributed by atoms with Gasteiger partial charge in [0.1, 0.15) is 5.75 Å². The molecule has 0 fully saturated rings. The zero-order chi connectivity index (χ0) is 14.8. The highest BCUT2D eigenvalue weighted by atomic mass is 32.2. The van der Waals surface area contributed by atoms with Crippen molar-refractivity contribution in [1.29, 1.82) is 0 Å². The highest BCUT2D eigenvalue weighted by Crippen LogP contribution is 2.38. The van der Waals surface area contributed by atoms with Gasteiger partial charge in [-0.3, -0.25) is 14.5 Å². The number of amides is 1. The van der Waals surface area contributed by atoms with E-state index in [1.807, 2.05) is 24.3 Å². The van der Waals surface area contributed by atoms with E-state index in [4.69, 9.17) is 4.74 Å². The lowest BCUT2D eigenvalue weighted by molar-refractivity contribution is -0.131. The number of fused-ring (bicyclic) bond motifs is 1. The van der Waals surface area contributed by atoms with Gasteiger partial charge in [0, 0.05) is 17.4 Å². The molecule has 4 nitrogen and oxygen atoms in total. The lowest BCUT2D eigenvalue weighted by atomic mass is 10.2. The summed E-state index contributed by atoms with van der Waals surface area (Å²) in [5, 5.41) is 0. The summed E-state index contributed by atoms with van der Waals surface area (Å²) in [5.41, 5.74) is 1.51. The van der Waals surface area contributed by atoms with Gasteiger partial charge in [0.05, 0.1) is 11.6 Å². The Labute approximate surface area is 126 Å². The maximum absolute atomic E-state index is 12.5. The molecule has 0 aliphatic carbocycles.